The maximum absolute atomic E-state index is 7.11. The highest BCUT2D eigenvalue weighted by Gasteiger charge is 2.47. The highest BCUT2D eigenvalue weighted by atomic mass is 32.1. The van der Waals surface area contributed by atoms with Crippen LogP contribution in [0, 0.1) is 0 Å². The summed E-state index contributed by atoms with van der Waals surface area (Å²) in [6, 6.07) is 46.1. The molecule has 0 N–H and O–H groups in total. The quantitative estimate of drug-likeness (QED) is 0.163. The van der Waals surface area contributed by atoms with Gasteiger partial charge in [0.1, 0.15) is 11.5 Å². The highest BCUT2D eigenvalue weighted by Crippen LogP contribution is 2.56. The van der Waals surface area contributed by atoms with Gasteiger partial charge in [0, 0.05) is 54.5 Å². The molecule has 0 atom stereocenters. The summed E-state index contributed by atoms with van der Waals surface area (Å²) in [5.41, 5.74) is 16.3. The van der Waals surface area contributed by atoms with Gasteiger partial charge in [-0.15, -0.1) is 11.3 Å². The topological polar surface area (TPSA) is 15.7 Å². The fourth-order valence-electron chi connectivity index (χ4n) is 9.63. The Morgan fingerprint density at radius 3 is 1.74 bits per heavy atom. The van der Waals surface area contributed by atoms with Crippen LogP contribution < -0.4 is 30.2 Å². The maximum atomic E-state index is 7.11. The van der Waals surface area contributed by atoms with E-state index < -0.39 is 0 Å². The molecule has 0 amide bonds. The number of hydrogen-bond acceptors (Lipinski definition) is 4. The zero-order valence-electron chi connectivity index (χ0n) is 35.8. The summed E-state index contributed by atoms with van der Waals surface area (Å²) in [5.74, 6) is 1.92. The molecule has 0 unspecified atom stereocenters. The van der Waals surface area contributed by atoms with Gasteiger partial charge in [0.05, 0.1) is 11.1 Å². The van der Waals surface area contributed by atoms with Crippen LogP contribution in [0.1, 0.15) is 104 Å². The third kappa shape index (κ3) is 5.45. The molecule has 0 saturated carbocycles. The molecule has 290 valence electrons. The first-order chi connectivity index (χ1) is 27.4. The molecule has 1 aromatic heterocycles. The lowest BCUT2D eigenvalue weighted by molar-refractivity contribution is 0.423. The smallest absolute Gasteiger partial charge is 0.264 e. The molecule has 5 heteroatoms. The van der Waals surface area contributed by atoms with Gasteiger partial charge in [-0.05, 0) is 98.5 Å². The molecule has 3 aliphatic heterocycles. The Balaban J connectivity index is 1.30. The van der Waals surface area contributed by atoms with Crippen molar-refractivity contribution in [3.8, 4) is 11.5 Å². The molecule has 10 rings (SSSR count). The van der Waals surface area contributed by atoms with Crippen LogP contribution in [-0.2, 0) is 21.7 Å². The number of fused-ring (bicyclic) bond motifs is 9. The molecule has 3 aliphatic rings. The van der Waals surface area contributed by atoms with Gasteiger partial charge in [-0.3, -0.25) is 0 Å². The van der Waals surface area contributed by atoms with Gasteiger partial charge in [-0.1, -0.05) is 143 Å². The van der Waals surface area contributed by atoms with Crippen LogP contribution in [-0.4, -0.2) is 6.71 Å². The SMILES string of the molecule is CC(C)(C)c1ccc(N2c3ccc(C(C)(C)C)cc3B3c4sc5ccc6c(c5c4N(c4ccc(C(C)(C)C)cc4)c4cccc2c43)Oc2ccccc2C6(C)C)cc1. The number of rotatable bonds is 2. The summed E-state index contributed by atoms with van der Waals surface area (Å²) >= 11 is 1.94. The number of anilines is 6. The highest BCUT2D eigenvalue weighted by molar-refractivity contribution is 7.33. The first-order valence-electron chi connectivity index (χ1n) is 20.9. The molecule has 0 spiro atoms. The fourth-order valence-corrected chi connectivity index (χ4v) is 11.0. The van der Waals surface area contributed by atoms with Crippen molar-refractivity contribution in [1.29, 1.82) is 0 Å². The van der Waals surface area contributed by atoms with Gasteiger partial charge >= 0.3 is 0 Å². The molecule has 0 fully saturated rings. The second kappa shape index (κ2) is 12.4. The summed E-state index contributed by atoms with van der Waals surface area (Å²) in [6.45, 7) is 25.5. The average molecular weight is 777 g/mol. The Bertz CT molecular complexity index is 2790. The Kier molecular flexibility index (Phi) is 7.91. The van der Waals surface area contributed by atoms with Gasteiger partial charge in [0.15, 0.2) is 0 Å². The summed E-state index contributed by atoms with van der Waals surface area (Å²) in [4.78, 5) is 5.08. The molecule has 4 heterocycles. The largest absolute Gasteiger partial charge is 0.456 e. The van der Waals surface area contributed by atoms with E-state index in [1.54, 1.807) is 0 Å². The fraction of sp³-hybridized carbons (Fsp3) is 0.283. The molecule has 0 bridgehead atoms. The van der Waals surface area contributed by atoms with Crippen molar-refractivity contribution in [1.82, 2.24) is 0 Å². The van der Waals surface area contributed by atoms with Crippen LogP contribution in [0.5, 0.6) is 11.5 Å². The standard InChI is InChI=1S/C53H53BN2OS/c1-50(2,3)32-19-24-35(25-20-32)55-40-29-23-34(52(7,8)9)31-39(40)54-46-41(55)16-14-17-42(46)56(36-26-21-33(22-27-36)51(4,5)6)47-45-44(58-49(47)54)30-28-38-48(45)57-43-18-13-12-15-37(43)53(38,10)11/h12-31H,1-11H3. The minimum atomic E-state index is -0.228. The lowest BCUT2D eigenvalue weighted by Crippen LogP contribution is -2.60. The van der Waals surface area contributed by atoms with Gasteiger partial charge in [-0.2, -0.15) is 0 Å². The van der Waals surface area contributed by atoms with Crippen molar-refractivity contribution in [3.05, 3.63) is 149 Å². The first-order valence-corrected chi connectivity index (χ1v) is 21.7. The number of benzene rings is 6. The molecule has 6 aromatic carbocycles. The van der Waals surface area contributed by atoms with Crippen molar-refractivity contribution in [2.45, 2.75) is 97.8 Å². The van der Waals surface area contributed by atoms with Crippen LogP contribution in [0.3, 0.4) is 0 Å². The molecule has 58 heavy (non-hydrogen) atoms. The van der Waals surface area contributed by atoms with E-state index in [0.717, 1.165) is 17.2 Å². The summed E-state index contributed by atoms with van der Waals surface area (Å²) < 4.78 is 9.71. The van der Waals surface area contributed by atoms with Crippen LogP contribution >= 0.6 is 11.3 Å². The summed E-state index contributed by atoms with van der Waals surface area (Å²) in [5, 5.41) is 1.20. The normalized spacial score (nSPS) is 15.3. The Morgan fingerprint density at radius 1 is 0.552 bits per heavy atom. The molecular formula is C53H53BN2OS. The first kappa shape index (κ1) is 37.0. The predicted molar refractivity (Wildman–Crippen MR) is 251 cm³/mol. The van der Waals surface area contributed by atoms with E-state index in [0.29, 0.717) is 0 Å². The van der Waals surface area contributed by atoms with Crippen LogP contribution in [0.2, 0.25) is 0 Å². The van der Waals surface area contributed by atoms with E-state index in [4.69, 9.17) is 4.74 Å². The molecule has 3 nitrogen and oxygen atoms in total. The van der Waals surface area contributed by atoms with Gasteiger partial charge in [0.25, 0.3) is 6.71 Å². The van der Waals surface area contributed by atoms with Gasteiger partial charge in [-0.25, -0.2) is 0 Å². The van der Waals surface area contributed by atoms with E-state index in [-0.39, 0.29) is 28.4 Å². The average Bonchev–Trinajstić information content (AvgIpc) is 3.56. The van der Waals surface area contributed by atoms with E-state index in [1.165, 1.54) is 82.0 Å². The summed E-state index contributed by atoms with van der Waals surface area (Å²) in [7, 11) is 0. The van der Waals surface area contributed by atoms with Crippen LogP contribution in [0.25, 0.3) is 10.1 Å². The zero-order chi connectivity index (χ0) is 40.7. The third-order valence-electron chi connectivity index (χ3n) is 13.0. The lowest BCUT2D eigenvalue weighted by atomic mass is 9.36. The Morgan fingerprint density at radius 2 is 1.12 bits per heavy atom. The minimum absolute atomic E-state index is 0.0155. The summed E-state index contributed by atoms with van der Waals surface area (Å²) in [6.07, 6.45) is 0. The molecule has 0 aliphatic carbocycles. The molecule has 0 radical (unpaired) electrons. The predicted octanol–water partition coefficient (Wildman–Crippen LogP) is 13.3. The molecular weight excluding hydrogens is 723 g/mol. The maximum Gasteiger partial charge on any atom is 0.264 e. The van der Waals surface area contributed by atoms with Crippen molar-refractivity contribution in [2.75, 3.05) is 9.80 Å². The van der Waals surface area contributed by atoms with Crippen LogP contribution in [0.4, 0.5) is 34.1 Å². The number of para-hydroxylation sites is 1. The number of ether oxygens (including phenoxy) is 1. The van der Waals surface area contributed by atoms with E-state index in [1.807, 2.05) is 11.3 Å². The second-order valence-electron chi connectivity index (χ2n) is 20.3. The molecule has 7 aromatic rings. The number of thiophene rings is 1. The second-order valence-corrected chi connectivity index (χ2v) is 21.4. The Hall–Kier alpha value is -5.26. The van der Waals surface area contributed by atoms with Gasteiger partial charge in [0.2, 0.25) is 0 Å². The van der Waals surface area contributed by atoms with Crippen molar-refractivity contribution >= 4 is 78.0 Å². The number of hydrogen-bond donors (Lipinski definition) is 0. The van der Waals surface area contributed by atoms with E-state index in [9.17, 15) is 0 Å². The van der Waals surface area contributed by atoms with E-state index in [2.05, 4.69) is 207 Å². The Labute approximate surface area is 349 Å². The lowest BCUT2D eigenvalue weighted by Gasteiger charge is -2.43. The van der Waals surface area contributed by atoms with Gasteiger partial charge < -0.3 is 14.5 Å². The van der Waals surface area contributed by atoms with Crippen molar-refractivity contribution in [2.24, 2.45) is 0 Å². The number of nitrogens with zero attached hydrogens (tertiary/aromatic N) is 2. The third-order valence-corrected chi connectivity index (χ3v) is 14.2. The molecule has 0 saturated heterocycles. The van der Waals surface area contributed by atoms with Crippen LogP contribution in [0.15, 0.2) is 121 Å². The zero-order valence-corrected chi connectivity index (χ0v) is 36.7. The monoisotopic (exact) mass is 776 g/mol. The van der Waals surface area contributed by atoms with Crippen molar-refractivity contribution in [3.63, 3.8) is 0 Å². The van der Waals surface area contributed by atoms with E-state index >= 15 is 0 Å². The van der Waals surface area contributed by atoms with Crippen molar-refractivity contribution < 1.29 is 4.74 Å². The minimum Gasteiger partial charge on any atom is -0.456 e.